The van der Waals surface area contributed by atoms with Crippen LogP contribution in [-0.2, 0) is 0 Å². The summed E-state index contributed by atoms with van der Waals surface area (Å²) in [5, 5.41) is 9.20. The lowest BCUT2D eigenvalue weighted by Gasteiger charge is -2.20. The molecule has 0 aromatic heterocycles. The summed E-state index contributed by atoms with van der Waals surface area (Å²) < 4.78 is 0. The highest BCUT2D eigenvalue weighted by molar-refractivity contribution is 5.81. The second-order valence-electron chi connectivity index (χ2n) is 6.51. The molecule has 0 heterocycles. The van der Waals surface area contributed by atoms with E-state index in [0.717, 1.165) is 24.3 Å². The molecule has 21 heavy (non-hydrogen) atoms. The van der Waals surface area contributed by atoms with E-state index in [1.165, 1.54) is 24.0 Å². The van der Waals surface area contributed by atoms with E-state index in [1.807, 2.05) is 19.9 Å². The van der Waals surface area contributed by atoms with Crippen LogP contribution in [0.25, 0.3) is 0 Å². The van der Waals surface area contributed by atoms with Crippen molar-refractivity contribution >= 4 is 5.71 Å². The van der Waals surface area contributed by atoms with E-state index >= 15 is 0 Å². The third-order valence-corrected chi connectivity index (χ3v) is 4.22. The quantitative estimate of drug-likeness (QED) is 0.638. The largest absolute Gasteiger partial charge is 0.258 e. The van der Waals surface area contributed by atoms with Crippen molar-refractivity contribution in [1.29, 1.82) is 5.26 Å². The summed E-state index contributed by atoms with van der Waals surface area (Å²) >= 11 is 0. The second-order valence-corrected chi connectivity index (χ2v) is 6.51. The van der Waals surface area contributed by atoms with E-state index in [9.17, 15) is 5.26 Å². The molecule has 2 aliphatic rings. The second kappa shape index (κ2) is 6.89. The van der Waals surface area contributed by atoms with E-state index in [0.29, 0.717) is 11.8 Å². The number of hydrogen-bond acceptors (Lipinski definition) is 2. The van der Waals surface area contributed by atoms with Gasteiger partial charge in [-0.05, 0) is 50.5 Å². The number of nitrogens with zero attached hydrogens (tertiary/aromatic N) is 2. The lowest BCUT2D eigenvalue weighted by Crippen LogP contribution is -2.07. The molecular formula is C19H26N2. The SMILES string of the molecule is CCC(C)/C=C(\N=C(C)C)C1=C(C2CC2)CC(C#N)C=C1. The Morgan fingerprint density at radius 1 is 1.48 bits per heavy atom. The Morgan fingerprint density at radius 3 is 2.71 bits per heavy atom. The molecule has 0 bridgehead atoms. The number of rotatable bonds is 5. The van der Waals surface area contributed by atoms with Gasteiger partial charge in [0.2, 0.25) is 0 Å². The number of aliphatic imine (C=N–C) groups is 1. The molecule has 2 heteroatoms. The molecule has 1 fully saturated rings. The van der Waals surface area contributed by atoms with Crippen molar-refractivity contribution in [3.05, 3.63) is 35.1 Å². The van der Waals surface area contributed by atoms with Crippen LogP contribution < -0.4 is 0 Å². The third-order valence-electron chi connectivity index (χ3n) is 4.22. The lowest BCUT2D eigenvalue weighted by molar-refractivity contribution is 0.689. The first-order chi connectivity index (χ1) is 10.0. The summed E-state index contributed by atoms with van der Waals surface area (Å²) in [6.07, 6.45) is 11.0. The Kier molecular flexibility index (Phi) is 5.17. The predicted molar refractivity (Wildman–Crippen MR) is 88.9 cm³/mol. The van der Waals surface area contributed by atoms with Gasteiger partial charge < -0.3 is 0 Å². The van der Waals surface area contributed by atoms with Gasteiger partial charge in [0.1, 0.15) is 0 Å². The zero-order valence-corrected chi connectivity index (χ0v) is 13.7. The van der Waals surface area contributed by atoms with Crippen LogP contribution >= 0.6 is 0 Å². The van der Waals surface area contributed by atoms with Crippen molar-refractivity contribution in [3.63, 3.8) is 0 Å². The predicted octanol–water partition coefficient (Wildman–Crippen LogP) is 5.20. The first-order valence-electron chi connectivity index (χ1n) is 8.10. The van der Waals surface area contributed by atoms with Crippen LogP contribution in [0.5, 0.6) is 0 Å². The Hall–Kier alpha value is -1.62. The van der Waals surface area contributed by atoms with E-state index in [1.54, 1.807) is 0 Å². The van der Waals surface area contributed by atoms with E-state index < -0.39 is 0 Å². The molecule has 112 valence electrons. The minimum atomic E-state index is 0.0425. The van der Waals surface area contributed by atoms with Crippen molar-refractivity contribution < 1.29 is 0 Å². The van der Waals surface area contributed by atoms with Gasteiger partial charge in [0.25, 0.3) is 0 Å². The van der Waals surface area contributed by atoms with Crippen LogP contribution in [0.1, 0.15) is 53.4 Å². The van der Waals surface area contributed by atoms with Gasteiger partial charge in [-0.25, -0.2) is 0 Å². The minimum Gasteiger partial charge on any atom is -0.258 e. The summed E-state index contributed by atoms with van der Waals surface area (Å²) in [4.78, 5) is 4.79. The molecule has 2 aliphatic carbocycles. The fourth-order valence-corrected chi connectivity index (χ4v) is 2.71. The van der Waals surface area contributed by atoms with Gasteiger partial charge in [-0.2, -0.15) is 5.26 Å². The highest BCUT2D eigenvalue weighted by atomic mass is 14.8. The fourth-order valence-electron chi connectivity index (χ4n) is 2.71. The molecule has 0 aromatic rings. The fraction of sp³-hybridized carbons (Fsp3) is 0.579. The van der Waals surface area contributed by atoms with Crippen molar-refractivity contribution in [1.82, 2.24) is 0 Å². The summed E-state index contributed by atoms with van der Waals surface area (Å²) in [7, 11) is 0. The Balaban J connectivity index is 2.42. The van der Waals surface area contributed by atoms with Crippen molar-refractivity contribution in [2.24, 2.45) is 22.7 Å². The molecule has 0 spiro atoms. The summed E-state index contributed by atoms with van der Waals surface area (Å²) in [5.41, 5.74) is 4.94. The maximum atomic E-state index is 9.20. The molecule has 2 atom stereocenters. The van der Waals surface area contributed by atoms with Gasteiger partial charge in [-0.3, -0.25) is 4.99 Å². The molecular weight excluding hydrogens is 256 g/mol. The van der Waals surface area contributed by atoms with Crippen LogP contribution in [0.15, 0.2) is 40.1 Å². The van der Waals surface area contributed by atoms with Crippen LogP contribution in [0.3, 0.4) is 0 Å². The molecule has 2 nitrogen and oxygen atoms in total. The topological polar surface area (TPSA) is 36.1 Å². The minimum absolute atomic E-state index is 0.0425. The van der Waals surface area contributed by atoms with Crippen molar-refractivity contribution in [2.45, 2.75) is 53.4 Å². The average Bonchev–Trinajstić information content (AvgIpc) is 3.29. The number of allylic oxidation sites excluding steroid dienone is 4. The van der Waals surface area contributed by atoms with Gasteiger partial charge in [0, 0.05) is 5.71 Å². The highest BCUT2D eigenvalue weighted by Crippen LogP contribution is 2.44. The molecule has 0 N–H and O–H groups in total. The first kappa shape index (κ1) is 15.8. The number of nitriles is 1. The zero-order chi connectivity index (χ0) is 15.4. The molecule has 0 aliphatic heterocycles. The zero-order valence-electron chi connectivity index (χ0n) is 13.7. The molecule has 0 radical (unpaired) electrons. The Bertz CT molecular complexity index is 547. The van der Waals surface area contributed by atoms with Gasteiger partial charge >= 0.3 is 0 Å². The highest BCUT2D eigenvalue weighted by Gasteiger charge is 2.31. The van der Waals surface area contributed by atoms with Crippen LogP contribution in [0.4, 0.5) is 0 Å². The van der Waals surface area contributed by atoms with Gasteiger partial charge in [0.15, 0.2) is 0 Å². The van der Waals surface area contributed by atoms with Gasteiger partial charge in [-0.15, -0.1) is 0 Å². The molecule has 1 saturated carbocycles. The van der Waals surface area contributed by atoms with Gasteiger partial charge in [0.05, 0.1) is 17.7 Å². The Labute approximate surface area is 129 Å². The maximum absolute atomic E-state index is 9.20. The van der Waals surface area contributed by atoms with E-state index in [2.05, 4.69) is 32.1 Å². The summed E-state index contributed by atoms with van der Waals surface area (Å²) in [6, 6.07) is 2.39. The maximum Gasteiger partial charge on any atom is 0.0701 e. The monoisotopic (exact) mass is 282 g/mol. The standard InChI is InChI=1S/C19H26N2/c1-5-14(4)10-19(21-13(2)3)17-9-6-15(12-20)11-18(17)16-7-8-16/h6,9-10,14-16H,5,7-8,11H2,1-4H3/b19-10-. The summed E-state index contributed by atoms with van der Waals surface area (Å²) in [6.45, 7) is 8.54. The molecule has 0 amide bonds. The number of hydrogen-bond donors (Lipinski definition) is 0. The van der Waals surface area contributed by atoms with Crippen molar-refractivity contribution in [2.75, 3.05) is 0 Å². The third kappa shape index (κ3) is 4.17. The van der Waals surface area contributed by atoms with Crippen LogP contribution in [0, 0.1) is 29.1 Å². The van der Waals surface area contributed by atoms with E-state index in [4.69, 9.17) is 4.99 Å². The molecule has 2 rings (SSSR count). The van der Waals surface area contributed by atoms with Crippen LogP contribution in [-0.4, -0.2) is 5.71 Å². The van der Waals surface area contributed by atoms with Gasteiger partial charge in [-0.1, -0.05) is 44.1 Å². The molecule has 2 unspecified atom stereocenters. The first-order valence-corrected chi connectivity index (χ1v) is 8.10. The summed E-state index contributed by atoms with van der Waals surface area (Å²) in [5.74, 6) is 1.26. The lowest BCUT2D eigenvalue weighted by atomic mass is 9.85. The Morgan fingerprint density at radius 2 is 2.19 bits per heavy atom. The average molecular weight is 282 g/mol. The van der Waals surface area contributed by atoms with Crippen LogP contribution in [0.2, 0.25) is 0 Å². The van der Waals surface area contributed by atoms with E-state index in [-0.39, 0.29) is 5.92 Å². The van der Waals surface area contributed by atoms with Crippen molar-refractivity contribution in [3.8, 4) is 6.07 Å². The molecule has 0 saturated heterocycles. The molecule has 0 aromatic carbocycles. The smallest absolute Gasteiger partial charge is 0.0701 e. The normalized spacial score (nSPS) is 23.8.